The van der Waals surface area contributed by atoms with Crippen LogP contribution in [0.25, 0.3) is 0 Å². The molecule has 0 aliphatic carbocycles. The molecule has 0 saturated carbocycles. The molecule has 2 aliphatic rings. The molecule has 2 rings (SSSR count). The van der Waals surface area contributed by atoms with Gasteiger partial charge in [0.2, 0.25) is 5.91 Å². The summed E-state index contributed by atoms with van der Waals surface area (Å²) in [7, 11) is 0. The molecular formula is C65H119NO13. The molecule has 0 radical (unpaired) electrons. The molecule has 0 spiro atoms. The summed E-state index contributed by atoms with van der Waals surface area (Å²) < 4.78 is 22.9. The maximum atomic E-state index is 13.3. The van der Waals surface area contributed by atoms with Crippen molar-refractivity contribution in [3.05, 3.63) is 48.6 Å². The van der Waals surface area contributed by atoms with Gasteiger partial charge in [-0.2, -0.15) is 0 Å². The van der Waals surface area contributed by atoms with E-state index >= 15 is 0 Å². The largest absolute Gasteiger partial charge is 0.394 e. The summed E-state index contributed by atoms with van der Waals surface area (Å²) in [6.07, 6.45) is 47.0. The Labute approximate surface area is 480 Å². The molecule has 14 nitrogen and oxygen atoms in total. The molecule has 0 aromatic carbocycles. The first-order valence-corrected chi connectivity index (χ1v) is 32.4. The summed E-state index contributed by atoms with van der Waals surface area (Å²) in [6, 6.07) is -0.828. The van der Waals surface area contributed by atoms with Crippen molar-refractivity contribution in [1.29, 1.82) is 0 Å². The Morgan fingerprint density at radius 2 is 0.873 bits per heavy atom. The maximum Gasteiger partial charge on any atom is 0.220 e. The van der Waals surface area contributed by atoms with E-state index in [1.165, 1.54) is 161 Å². The van der Waals surface area contributed by atoms with Gasteiger partial charge in [0.25, 0.3) is 0 Å². The lowest BCUT2D eigenvalue weighted by Crippen LogP contribution is -2.65. The minimum Gasteiger partial charge on any atom is -0.394 e. The summed E-state index contributed by atoms with van der Waals surface area (Å²) in [5.41, 5.74) is 0. The van der Waals surface area contributed by atoms with Crippen LogP contribution in [0, 0.1) is 0 Å². The average molecular weight is 1120 g/mol. The minimum atomic E-state index is -1.78. The third-order valence-corrected chi connectivity index (χ3v) is 15.8. The molecule has 14 heteroatoms. The smallest absolute Gasteiger partial charge is 0.220 e. The molecule has 0 bridgehead atoms. The Kier molecular flexibility index (Phi) is 46.7. The van der Waals surface area contributed by atoms with Gasteiger partial charge in [0.15, 0.2) is 12.6 Å². The lowest BCUT2D eigenvalue weighted by Gasteiger charge is -2.46. The van der Waals surface area contributed by atoms with E-state index in [0.29, 0.717) is 12.8 Å². The first-order valence-electron chi connectivity index (χ1n) is 32.4. The fraction of sp³-hybridized carbons (Fsp3) is 0.862. The zero-order valence-corrected chi connectivity index (χ0v) is 49.9. The number of amides is 1. The average Bonchev–Trinajstić information content (AvgIpc) is 3.55. The molecule has 2 heterocycles. The highest BCUT2D eigenvalue weighted by Crippen LogP contribution is 2.30. The van der Waals surface area contributed by atoms with E-state index in [-0.39, 0.29) is 12.5 Å². The van der Waals surface area contributed by atoms with Crippen molar-refractivity contribution in [1.82, 2.24) is 5.32 Å². The van der Waals surface area contributed by atoms with Crippen LogP contribution in [0.2, 0.25) is 0 Å². The van der Waals surface area contributed by atoms with E-state index in [0.717, 1.165) is 77.0 Å². The molecule has 0 aromatic rings. The maximum absolute atomic E-state index is 13.3. The first-order chi connectivity index (χ1) is 38.6. The van der Waals surface area contributed by atoms with Gasteiger partial charge < -0.3 is 65.1 Å². The number of carbonyl (C=O) groups is 1. The van der Waals surface area contributed by atoms with Crippen molar-refractivity contribution in [2.24, 2.45) is 0 Å². The second-order valence-electron chi connectivity index (χ2n) is 22.9. The van der Waals surface area contributed by atoms with E-state index in [4.69, 9.17) is 18.9 Å². The summed E-state index contributed by atoms with van der Waals surface area (Å²) in [5.74, 6) is -0.204. The molecule has 12 atom stereocenters. The van der Waals surface area contributed by atoms with Crippen LogP contribution >= 0.6 is 0 Å². The van der Waals surface area contributed by atoms with Crippen molar-refractivity contribution < 1.29 is 64.6 Å². The van der Waals surface area contributed by atoms with Crippen LogP contribution in [0.5, 0.6) is 0 Å². The summed E-state index contributed by atoms with van der Waals surface area (Å²) in [4.78, 5) is 13.3. The Morgan fingerprint density at radius 1 is 0.468 bits per heavy atom. The second kappa shape index (κ2) is 50.5. The number of nitrogens with one attached hydrogen (secondary N) is 1. The number of aliphatic hydroxyl groups excluding tert-OH is 8. The third-order valence-electron chi connectivity index (χ3n) is 15.8. The predicted octanol–water partition coefficient (Wildman–Crippen LogP) is 12.0. The monoisotopic (exact) mass is 1120 g/mol. The Hall–Kier alpha value is -2.05. The van der Waals surface area contributed by atoms with E-state index in [9.17, 15) is 45.6 Å². The lowest BCUT2D eigenvalue weighted by molar-refractivity contribution is -0.359. The minimum absolute atomic E-state index is 0.204. The van der Waals surface area contributed by atoms with Crippen LogP contribution < -0.4 is 5.32 Å². The number of ether oxygens (including phenoxy) is 4. The fourth-order valence-electron chi connectivity index (χ4n) is 10.6. The quantitative estimate of drug-likeness (QED) is 0.0204. The van der Waals surface area contributed by atoms with E-state index in [1.54, 1.807) is 0 Å². The van der Waals surface area contributed by atoms with E-state index in [2.05, 4.69) is 67.8 Å². The Bertz CT molecular complexity index is 1510. The van der Waals surface area contributed by atoms with Crippen LogP contribution in [0.3, 0.4) is 0 Å². The van der Waals surface area contributed by atoms with Crippen LogP contribution in [0.15, 0.2) is 48.6 Å². The normalized spacial score (nSPS) is 24.7. The molecule has 0 aromatic heterocycles. The van der Waals surface area contributed by atoms with Crippen LogP contribution in [-0.4, -0.2) is 140 Å². The summed E-state index contributed by atoms with van der Waals surface area (Å²) >= 11 is 0. The highest BCUT2D eigenvalue weighted by Gasteiger charge is 2.51. The van der Waals surface area contributed by atoms with Gasteiger partial charge in [0.05, 0.1) is 32.0 Å². The molecular weight excluding hydrogens is 1000 g/mol. The Balaban J connectivity index is 1.64. The third kappa shape index (κ3) is 35.6. The lowest BCUT2D eigenvalue weighted by atomic mass is 9.97. The molecule has 79 heavy (non-hydrogen) atoms. The number of rotatable bonds is 52. The van der Waals surface area contributed by atoms with Crippen molar-refractivity contribution in [3.63, 3.8) is 0 Å². The molecule has 462 valence electrons. The number of allylic oxidation sites excluding steroid dienone is 8. The fourth-order valence-corrected chi connectivity index (χ4v) is 10.6. The zero-order chi connectivity index (χ0) is 57.4. The van der Waals surface area contributed by atoms with Crippen LogP contribution in [0.4, 0.5) is 0 Å². The van der Waals surface area contributed by atoms with Crippen LogP contribution in [-0.2, 0) is 23.7 Å². The number of unbranched alkanes of at least 4 members (excludes halogenated alkanes) is 31. The van der Waals surface area contributed by atoms with Gasteiger partial charge in [-0.25, -0.2) is 0 Å². The molecule has 12 unspecified atom stereocenters. The summed E-state index contributed by atoms with van der Waals surface area (Å²) in [6.45, 7) is 2.77. The van der Waals surface area contributed by atoms with Crippen molar-refractivity contribution >= 4 is 5.91 Å². The number of hydrogen-bond donors (Lipinski definition) is 9. The van der Waals surface area contributed by atoms with Gasteiger partial charge in [-0.15, -0.1) is 0 Å². The van der Waals surface area contributed by atoms with Crippen LogP contribution in [0.1, 0.15) is 264 Å². The molecule has 2 fully saturated rings. The van der Waals surface area contributed by atoms with Crippen molar-refractivity contribution in [3.8, 4) is 0 Å². The zero-order valence-electron chi connectivity index (χ0n) is 49.9. The summed E-state index contributed by atoms with van der Waals surface area (Å²) in [5, 5.41) is 87.3. The van der Waals surface area contributed by atoms with Gasteiger partial charge >= 0.3 is 0 Å². The first kappa shape index (κ1) is 73.1. The predicted molar refractivity (Wildman–Crippen MR) is 318 cm³/mol. The molecule has 1 amide bonds. The number of hydrogen-bond acceptors (Lipinski definition) is 13. The van der Waals surface area contributed by atoms with E-state index < -0.39 is 86.8 Å². The van der Waals surface area contributed by atoms with Gasteiger partial charge in [0, 0.05) is 6.42 Å². The van der Waals surface area contributed by atoms with Gasteiger partial charge in [0.1, 0.15) is 48.8 Å². The SMILES string of the molecule is CC/C=C\C/C=C\C/C=C\C/C=C\CCCCCCCCCCCCCCCCCCCCC(=O)NC(COC1OC(CO)C(OC2OC(CO)C(O)C(O)C2O)C(O)C1O)C(O)CCCCCCCCCCCCCCCC. The van der Waals surface area contributed by atoms with Gasteiger partial charge in [-0.1, -0.05) is 255 Å². The van der Waals surface area contributed by atoms with Crippen molar-refractivity contribution in [2.75, 3.05) is 19.8 Å². The second-order valence-corrected chi connectivity index (χ2v) is 22.9. The number of aliphatic hydroxyl groups is 8. The van der Waals surface area contributed by atoms with Gasteiger partial charge in [-0.3, -0.25) is 4.79 Å². The topological polar surface area (TPSA) is 228 Å². The van der Waals surface area contributed by atoms with E-state index in [1.807, 2.05) is 0 Å². The molecule has 9 N–H and O–H groups in total. The molecule has 2 aliphatic heterocycles. The van der Waals surface area contributed by atoms with Gasteiger partial charge in [-0.05, 0) is 51.4 Å². The highest BCUT2D eigenvalue weighted by molar-refractivity contribution is 5.76. The number of carbonyl (C=O) groups excluding carboxylic acids is 1. The van der Waals surface area contributed by atoms with Crippen molar-refractivity contribution in [2.45, 2.75) is 338 Å². The Morgan fingerprint density at radius 3 is 1.34 bits per heavy atom. The molecule has 2 saturated heterocycles. The standard InChI is InChI=1S/C65H119NO13/c1-3-5-7-9-11-13-15-17-19-20-21-22-23-24-25-26-27-28-29-30-31-32-33-34-35-37-39-41-43-45-47-49-57(70)66-53(54(69)48-46-44-42-40-38-36-18-16-14-12-10-8-6-4-2)52-76-64-62(75)60(73)63(56(51-68)78-64)79-65-61(74)59(72)58(71)55(50-67)77-65/h5,7,11,13,17,19,21-22,53-56,58-65,67-69,71-75H,3-4,6,8-10,12,14-16,18,20,23-52H2,1-2H3,(H,66,70)/b7-5-,13-11-,19-17-,22-21-. The highest BCUT2D eigenvalue weighted by atomic mass is 16.7.